The normalized spacial score (nSPS) is 10.9. The molecule has 2 aromatic carbocycles. The van der Waals surface area contributed by atoms with Crippen LogP contribution < -0.4 is 11.2 Å². The molecule has 0 radical (unpaired) electrons. The minimum absolute atomic E-state index is 0.0135. The first-order valence-electron chi connectivity index (χ1n) is 6.90. The number of nitrogens with zero attached hydrogens (tertiary/aromatic N) is 1. The van der Waals surface area contributed by atoms with Gasteiger partial charge in [-0.2, -0.15) is 0 Å². The number of hydrogen-bond donors (Lipinski definition) is 2. The summed E-state index contributed by atoms with van der Waals surface area (Å²) in [5.74, 6) is -1.85. The van der Waals surface area contributed by atoms with E-state index < -0.39 is 17.2 Å². The molecule has 5 nitrogen and oxygen atoms in total. The van der Waals surface area contributed by atoms with Gasteiger partial charge in [-0.25, -0.2) is 9.18 Å². The van der Waals surface area contributed by atoms with Gasteiger partial charge in [-0.15, -0.1) is 0 Å². The Morgan fingerprint density at radius 3 is 2.48 bits per heavy atom. The summed E-state index contributed by atoms with van der Waals surface area (Å²) in [6.45, 7) is -0.222. The maximum Gasteiger partial charge on any atom is 0.353 e. The number of para-hydroxylation sites is 1. The first kappa shape index (κ1) is 14.9. The topological polar surface area (TPSA) is 85.3 Å². The van der Waals surface area contributed by atoms with Crippen LogP contribution in [-0.2, 0) is 6.54 Å². The number of benzene rings is 2. The highest BCUT2D eigenvalue weighted by atomic mass is 19.1. The van der Waals surface area contributed by atoms with Crippen molar-refractivity contribution in [2.75, 3.05) is 0 Å². The summed E-state index contributed by atoms with van der Waals surface area (Å²) in [6.07, 6.45) is 0. The molecule has 1 aromatic heterocycles. The zero-order chi connectivity index (χ0) is 16.6. The number of carboxylic acids is 1. The summed E-state index contributed by atoms with van der Waals surface area (Å²) >= 11 is 0. The fraction of sp³-hybridized carbons (Fsp3) is 0.0588. The SMILES string of the molecule is NCc1c(C(=O)O)n(-c2ccccc2)c2cc(F)ccc2c1=O. The molecular weight excluding hydrogens is 299 g/mol. The number of aromatic carboxylic acids is 1. The van der Waals surface area contributed by atoms with E-state index in [-0.39, 0.29) is 28.7 Å². The van der Waals surface area contributed by atoms with Crippen LogP contribution >= 0.6 is 0 Å². The summed E-state index contributed by atoms with van der Waals surface area (Å²) in [5.41, 5.74) is 5.55. The van der Waals surface area contributed by atoms with Crippen molar-refractivity contribution in [2.45, 2.75) is 6.54 Å². The maximum absolute atomic E-state index is 13.7. The monoisotopic (exact) mass is 312 g/mol. The van der Waals surface area contributed by atoms with Crippen LogP contribution in [0, 0.1) is 5.82 Å². The lowest BCUT2D eigenvalue weighted by atomic mass is 10.1. The first-order valence-corrected chi connectivity index (χ1v) is 6.90. The standard InChI is InChI=1S/C17H13FN2O3/c18-10-6-7-12-14(8-10)20(11-4-2-1-3-5-11)15(17(22)23)13(9-19)16(12)21/h1-8H,9,19H2,(H,22,23). The number of nitrogens with two attached hydrogens (primary N) is 1. The lowest BCUT2D eigenvalue weighted by molar-refractivity contribution is 0.0686. The largest absolute Gasteiger partial charge is 0.477 e. The third-order valence-corrected chi connectivity index (χ3v) is 3.65. The highest BCUT2D eigenvalue weighted by Gasteiger charge is 2.22. The van der Waals surface area contributed by atoms with Crippen LogP contribution in [-0.4, -0.2) is 15.6 Å². The van der Waals surface area contributed by atoms with Gasteiger partial charge in [0.05, 0.1) is 5.52 Å². The van der Waals surface area contributed by atoms with Crippen LogP contribution in [0.1, 0.15) is 16.1 Å². The Hall–Kier alpha value is -2.99. The van der Waals surface area contributed by atoms with Crippen LogP contribution in [0.5, 0.6) is 0 Å². The van der Waals surface area contributed by atoms with Crippen molar-refractivity contribution in [1.82, 2.24) is 4.57 Å². The van der Waals surface area contributed by atoms with Crippen molar-refractivity contribution < 1.29 is 14.3 Å². The molecule has 0 saturated carbocycles. The number of rotatable bonds is 3. The second-order valence-corrected chi connectivity index (χ2v) is 5.00. The highest BCUT2D eigenvalue weighted by Crippen LogP contribution is 2.22. The van der Waals surface area contributed by atoms with Gasteiger partial charge < -0.3 is 15.4 Å². The molecule has 0 aliphatic rings. The van der Waals surface area contributed by atoms with Gasteiger partial charge in [-0.1, -0.05) is 18.2 Å². The van der Waals surface area contributed by atoms with E-state index in [1.54, 1.807) is 30.3 Å². The van der Waals surface area contributed by atoms with E-state index >= 15 is 0 Å². The van der Waals surface area contributed by atoms with Crippen LogP contribution in [0.25, 0.3) is 16.6 Å². The molecular formula is C17H13FN2O3. The zero-order valence-corrected chi connectivity index (χ0v) is 12.0. The second-order valence-electron chi connectivity index (χ2n) is 5.00. The van der Waals surface area contributed by atoms with Gasteiger partial charge in [0, 0.05) is 23.2 Å². The van der Waals surface area contributed by atoms with E-state index in [1.165, 1.54) is 16.7 Å². The highest BCUT2D eigenvalue weighted by molar-refractivity contribution is 5.94. The number of aromatic nitrogens is 1. The average molecular weight is 312 g/mol. The molecule has 0 aliphatic carbocycles. The summed E-state index contributed by atoms with van der Waals surface area (Å²) in [6, 6.07) is 12.3. The van der Waals surface area contributed by atoms with Gasteiger partial charge >= 0.3 is 5.97 Å². The molecule has 0 saturated heterocycles. The minimum atomic E-state index is -1.29. The predicted molar refractivity (Wildman–Crippen MR) is 84.4 cm³/mol. The Balaban J connectivity index is 2.60. The molecule has 0 atom stereocenters. The molecule has 0 aliphatic heterocycles. The summed E-state index contributed by atoms with van der Waals surface area (Å²) < 4.78 is 15.0. The van der Waals surface area contributed by atoms with Gasteiger partial charge in [0.1, 0.15) is 11.5 Å². The molecule has 116 valence electrons. The Morgan fingerprint density at radius 1 is 1.17 bits per heavy atom. The molecule has 0 spiro atoms. The van der Waals surface area contributed by atoms with Crippen molar-refractivity contribution in [3.05, 3.63) is 75.8 Å². The molecule has 0 fully saturated rings. The number of hydrogen-bond acceptors (Lipinski definition) is 3. The van der Waals surface area contributed by atoms with E-state index in [0.717, 1.165) is 6.07 Å². The Labute approximate surface area is 130 Å². The zero-order valence-electron chi connectivity index (χ0n) is 12.0. The third kappa shape index (κ3) is 2.39. The summed E-state index contributed by atoms with van der Waals surface area (Å²) in [7, 11) is 0. The number of carbonyl (C=O) groups is 1. The van der Waals surface area contributed by atoms with Gasteiger partial charge in [0.2, 0.25) is 0 Å². The maximum atomic E-state index is 13.7. The molecule has 0 bridgehead atoms. The van der Waals surface area contributed by atoms with E-state index in [4.69, 9.17) is 5.73 Å². The van der Waals surface area contributed by atoms with Crippen molar-refractivity contribution in [2.24, 2.45) is 5.73 Å². The quantitative estimate of drug-likeness (QED) is 0.777. The summed E-state index contributed by atoms with van der Waals surface area (Å²) in [5, 5.41) is 9.81. The number of pyridine rings is 1. The Bertz CT molecular complexity index is 965. The molecule has 3 N–H and O–H groups in total. The number of fused-ring (bicyclic) bond motifs is 1. The van der Waals surface area contributed by atoms with E-state index in [1.807, 2.05) is 0 Å². The molecule has 3 rings (SSSR count). The molecule has 0 unspecified atom stereocenters. The van der Waals surface area contributed by atoms with Gasteiger partial charge in [-0.3, -0.25) is 4.79 Å². The van der Waals surface area contributed by atoms with E-state index in [9.17, 15) is 19.1 Å². The Morgan fingerprint density at radius 2 is 1.87 bits per heavy atom. The third-order valence-electron chi connectivity index (χ3n) is 3.65. The lowest BCUT2D eigenvalue weighted by Crippen LogP contribution is -2.25. The molecule has 6 heteroatoms. The molecule has 0 amide bonds. The van der Waals surface area contributed by atoms with Crippen LogP contribution in [0.2, 0.25) is 0 Å². The van der Waals surface area contributed by atoms with Gasteiger partial charge in [0.25, 0.3) is 0 Å². The minimum Gasteiger partial charge on any atom is -0.477 e. The van der Waals surface area contributed by atoms with Crippen LogP contribution in [0.3, 0.4) is 0 Å². The van der Waals surface area contributed by atoms with E-state index in [2.05, 4.69) is 0 Å². The molecule has 1 heterocycles. The van der Waals surface area contributed by atoms with Crippen molar-refractivity contribution in [1.29, 1.82) is 0 Å². The van der Waals surface area contributed by atoms with Crippen molar-refractivity contribution in [3.63, 3.8) is 0 Å². The van der Waals surface area contributed by atoms with Gasteiger partial charge in [-0.05, 0) is 30.3 Å². The smallest absolute Gasteiger partial charge is 0.353 e. The number of halogens is 1. The fourth-order valence-corrected chi connectivity index (χ4v) is 2.67. The predicted octanol–water partition coefficient (Wildman–Crippen LogP) is 2.29. The number of carboxylic acid groups (broad SMARTS) is 1. The average Bonchev–Trinajstić information content (AvgIpc) is 2.55. The van der Waals surface area contributed by atoms with Crippen molar-refractivity contribution >= 4 is 16.9 Å². The Kier molecular flexibility index (Phi) is 3.67. The fourth-order valence-electron chi connectivity index (χ4n) is 2.67. The second kappa shape index (κ2) is 5.66. The van der Waals surface area contributed by atoms with Crippen LogP contribution in [0.4, 0.5) is 4.39 Å². The molecule has 23 heavy (non-hydrogen) atoms. The van der Waals surface area contributed by atoms with Gasteiger partial charge in [0.15, 0.2) is 5.43 Å². The van der Waals surface area contributed by atoms with E-state index in [0.29, 0.717) is 5.69 Å². The lowest BCUT2D eigenvalue weighted by Gasteiger charge is -2.17. The van der Waals surface area contributed by atoms with Crippen molar-refractivity contribution in [3.8, 4) is 5.69 Å². The molecule has 3 aromatic rings. The first-order chi connectivity index (χ1) is 11.0. The summed E-state index contributed by atoms with van der Waals surface area (Å²) in [4.78, 5) is 24.2. The van der Waals surface area contributed by atoms with Crippen LogP contribution in [0.15, 0.2) is 53.3 Å².